The average molecular weight is 543 g/mol. The van der Waals surface area contributed by atoms with E-state index in [2.05, 4.69) is 10.3 Å². The summed E-state index contributed by atoms with van der Waals surface area (Å²) in [6.45, 7) is 1.85. The number of aryl methyl sites for hydroxylation is 1. The third-order valence-electron chi connectivity index (χ3n) is 7.88. The van der Waals surface area contributed by atoms with Crippen molar-refractivity contribution < 1.29 is 14.3 Å². The van der Waals surface area contributed by atoms with E-state index in [4.69, 9.17) is 27.7 Å². The van der Waals surface area contributed by atoms with Gasteiger partial charge in [-0.1, -0.05) is 24.3 Å². The Labute approximate surface area is 229 Å². The summed E-state index contributed by atoms with van der Waals surface area (Å²) >= 11 is 1.23. The number of nitrogens with zero attached hydrogens (tertiary/aromatic N) is 1. The number of carbonyl (C=O) groups excluding carboxylic acids is 2. The van der Waals surface area contributed by atoms with Gasteiger partial charge in [0.05, 0.1) is 15.6 Å². The summed E-state index contributed by atoms with van der Waals surface area (Å²) < 4.78 is 6.55. The molecule has 1 amide bonds. The number of rotatable bonds is 5. The van der Waals surface area contributed by atoms with E-state index in [1.54, 1.807) is 24.4 Å². The molecule has 0 saturated heterocycles. The van der Waals surface area contributed by atoms with Gasteiger partial charge in [-0.05, 0) is 55.5 Å². The number of nitrogen functional groups attached to an aromatic ring is 1. The van der Waals surface area contributed by atoms with Gasteiger partial charge < -0.3 is 33.0 Å². The van der Waals surface area contributed by atoms with Crippen molar-refractivity contribution in [1.29, 1.82) is 0 Å². The van der Waals surface area contributed by atoms with Gasteiger partial charge in [0.2, 0.25) is 5.88 Å². The second kappa shape index (κ2) is 9.42. The summed E-state index contributed by atoms with van der Waals surface area (Å²) in [5.41, 5.74) is 27.3. The summed E-state index contributed by atoms with van der Waals surface area (Å²) in [4.78, 5) is 32.3. The van der Waals surface area contributed by atoms with Gasteiger partial charge >= 0.3 is 0 Å². The van der Waals surface area contributed by atoms with E-state index in [1.165, 1.54) is 11.3 Å². The highest BCUT2D eigenvalue weighted by molar-refractivity contribution is 7.21. The Hall–Kier alpha value is -3.83. The topological polar surface area (TPSA) is 172 Å². The quantitative estimate of drug-likeness (QED) is 0.239. The third-order valence-corrected chi connectivity index (χ3v) is 9.13. The van der Waals surface area contributed by atoms with E-state index in [0.717, 1.165) is 24.8 Å². The molecule has 2 aromatic heterocycles. The first-order valence-corrected chi connectivity index (χ1v) is 13.7. The minimum atomic E-state index is -1.59. The fourth-order valence-corrected chi connectivity index (χ4v) is 7.04. The second-order valence-corrected chi connectivity index (χ2v) is 11.3. The highest BCUT2D eigenvalue weighted by atomic mass is 32.1. The number of anilines is 1. The SMILES string of the molecule is Cc1cc(Oc2ccccc2)ncc1C1(N)C(=O)C(N)c2c(C(=O)N[C@@H]3CCC[C@H]3N)sc3c(N)ccc1c23. The Balaban J connectivity index is 1.46. The monoisotopic (exact) mass is 542 g/mol. The molecule has 200 valence electrons. The van der Waals surface area contributed by atoms with E-state index >= 15 is 0 Å². The number of carbonyl (C=O) groups is 2. The van der Waals surface area contributed by atoms with Crippen LogP contribution in [0.2, 0.25) is 0 Å². The molecule has 0 spiro atoms. The van der Waals surface area contributed by atoms with Crippen LogP contribution in [0.15, 0.2) is 54.7 Å². The first kappa shape index (κ1) is 25.4. The summed E-state index contributed by atoms with van der Waals surface area (Å²) in [5, 5.41) is 3.70. The smallest absolute Gasteiger partial charge is 0.262 e. The number of ketones is 1. The number of Topliss-reactive ketones (excluding diaryl/α,β-unsaturated/α-hetero) is 1. The van der Waals surface area contributed by atoms with Crippen molar-refractivity contribution >= 4 is 38.8 Å². The van der Waals surface area contributed by atoms with Crippen LogP contribution in [-0.4, -0.2) is 28.8 Å². The number of benzene rings is 2. The summed E-state index contributed by atoms with van der Waals surface area (Å²) in [6.07, 6.45) is 4.19. The molecule has 0 aliphatic heterocycles. The first-order valence-electron chi connectivity index (χ1n) is 12.9. The average Bonchev–Trinajstić information content (AvgIpc) is 3.52. The zero-order valence-electron chi connectivity index (χ0n) is 21.4. The normalized spacial score (nSPS) is 24.2. The Morgan fingerprint density at radius 1 is 1.13 bits per heavy atom. The van der Waals surface area contributed by atoms with Crippen molar-refractivity contribution in [3.63, 3.8) is 0 Å². The van der Waals surface area contributed by atoms with E-state index in [0.29, 0.717) is 49.0 Å². The number of hydrogen-bond donors (Lipinski definition) is 5. The van der Waals surface area contributed by atoms with Crippen molar-refractivity contribution in [2.24, 2.45) is 17.2 Å². The maximum atomic E-state index is 14.0. The van der Waals surface area contributed by atoms with Crippen LogP contribution in [0.4, 0.5) is 5.69 Å². The Morgan fingerprint density at radius 2 is 1.90 bits per heavy atom. The molecule has 4 atom stereocenters. The molecule has 1 saturated carbocycles. The molecule has 2 aliphatic rings. The molecule has 0 bridgehead atoms. The molecule has 10 heteroatoms. The predicted molar refractivity (Wildman–Crippen MR) is 152 cm³/mol. The Morgan fingerprint density at radius 3 is 2.59 bits per heavy atom. The van der Waals surface area contributed by atoms with Crippen LogP contribution in [0.1, 0.15) is 57.2 Å². The van der Waals surface area contributed by atoms with Crippen LogP contribution in [0.5, 0.6) is 11.6 Å². The molecule has 2 aliphatic carbocycles. The first-order chi connectivity index (χ1) is 18.7. The molecule has 4 aromatic rings. The van der Waals surface area contributed by atoms with Gasteiger partial charge in [0.15, 0.2) is 5.78 Å². The van der Waals surface area contributed by atoms with Gasteiger partial charge in [-0.25, -0.2) is 4.98 Å². The zero-order valence-corrected chi connectivity index (χ0v) is 22.3. The highest BCUT2D eigenvalue weighted by Gasteiger charge is 2.49. The van der Waals surface area contributed by atoms with Crippen LogP contribution in [0, 0.1) is 6.92 Å². The maximum absolute atomic E-state index is 14.0. The standard InChI is InChI=1S/C29H30N6O3S/c1-14-12-21(38-15-6-3-2-4-7-15)34-13-17(14)29(33)16-10-11-19(31)25-22(16)23(24(32)27(29)36)26(39-25)28(37)35-20-9-5-8-18(20)30/h2-4,6-7,10-13,18,20,24H,5,8-9,30-33H2,1H3,(H,35,37)/t18-,20-,24?,29?/m1/s1. The molecule has 0 radical (unpaired) electrons. The number of pyridine rings is 1. The van der Waals surface area contributed by atoms with E-state index in [1.807, 2.05) is 37.3 Å². The van der Waals surface area contributed by atoms with E-state index < -0.39 is 17.4 Å². The van der Waals surface area contributed by atoms with E-state index in [-0.39, 0.29) is 18.0 Å². The third kappa shape index (κ3) is 3.99. The highest BCUT2D eigenvalue weighted by Crippen LogP contribution is 2.50. The van der Waals surface area contributed by atoms with Crippen molar-refractivity contribution in [1.82, 2.24) is 10.3 Å². The number of para-hydroxylation sites is 1. The maximum Gasteiger partial charge on any atom is 0.262 e. The Bertz CT molecular complexity index is 1620. The number of thiophene rings is 1. The largest absolute Gasteiger partial charge is 0.439 e. The van der Waals surface area contributed by atoms with E-state index in [9.17, 15) is 9.59 Å². The van der Waals surface area contributed by atoms with Crippen LogP contribution < -0.4 is 33.0 Å². The van der Waals surface area contributed by atoms with Crippen molar-refractivity contribution in [2.45, 2.75) is 49.9 Å². The number of ether oxygens (including phenoxy) is 1. The number of amides is 1. The molecule has 2 heterocycles. The summed E-state index contributed by atoms with van der Waals surface area (Å²) in [7, 11) is 0. The fourth-order valence-electron chi connectivity index (χ4n) is 5.84. The van der Waals surface area contributed by atoms with Gasteiger partial charge in [-0.3, -0.25) is 9.59 Å². The molecule has 2 aromatic carbocycles. The molecule has 9 N–H and O–H groups in total. The van der Waals surface area contributed by atoms with Gasteiger partial charge in [0.1, 0.15) is 11.3 Å². The molecule has 6 rings (SSSR count). The van der Waals surface area contributed by atoms with Gasteiger partial charge in [-0.2, -0.15) is 0 Å². The van der Waals surface area contributed by atoms with Gasteiger partial charge in [0.25, 0.3) is 5.91 Å². The summed E-state index contributed by atoms with van der Waals surface area (Å²) in [5.74, 6) is 0.295. The van der Waals surface area contributed by atoms with Crippen molar-refractivity contribution in [3.8, 4) is 11.6 Å². The minimum Gasteiger partial charge on any atom is -0.439 e. The second-order valence-electron chi connectivity index (χ2n) is 10.3. The molecule has 2 unspecified atom stereocenters. The zero-order chi connectivity index (χ0) is 27.5. The van der Waals surface area contributed by atoms with Crippen molar-refractivity contribution in [2.75, 3.05) is 5.73 Å². The number of nitrogens with one attached hydrogen (secondary N) is 1. The molecular weight excluding hydrogens is 512 g/mol. The van der Waals surface area contributed by atoms with Crippen LogP contribution in [0.3, 0.4) is 0 Å². The lowest BCUT2D eigenvalue weighted by Gasteiger charge is -2.37. The van der Waals surface area contributed by atoms with Crippen LogP contribution in [0.25, 0.3) is 10.1 Å². The van der Waals surface area contributed by atoms with Crippen LogP contribution >= 0.6 is 11.3 Å². The summed E-state index contributed by atoms with van der Waals surface area (Å²) in [6, 6.07) is 13.2. The van der Waals surface area contributed by atoms with Gasteiger partial charge in [-0.15, -0.1) is 11.3 Å². The van der Waals surface area contributed by atoms with Crippen molar-refractivity contribution in [3.05, 3.63) is 81.9 Å². The molecule has 39 heavy (non-hydrogen) atoms. The Kier molecular flexibility index (Phi) is 6.15. The lowest BCUT2D eigenvalue weighted by atomic mass is 9.70. The fraction of sp³-hybridized carbons (Fsp3) is 0.276. The lowest BCUT2D eigenvalue weighted by molar-refractivity contribution is -0.124. The number of aromatic nitrogens is 1. The molecule has 1 fully saturated rings. The van der Waals surface area contributed by atoms with Gasteiger partial charge in [0, 0.05) is 46.5 Å². The molecule has 9 nitrogen and oxygen atoms in total. The predicted octanol–water partition coefficient (Wildman–Crippen LogP) is 3.37. The minimum absolute atomic E-state index is 0.100. The lowest BCUT2D eigenvalue weighted by Crippen LogP contribution is -2.53. The molecular formula is C29H30N6O3S. The van der Waals surface area contributed by atoms with Crippen LogP contribution in [-0.2, 0) is 10.3 Å². The number of nitrogens with two attached hydrogens (primary N) is 4. The number of hydrogen-bond acceptors (Lipinski definition) is 9.